The molecule has 5 heteroatoms. The van der Waals surface area contributed by atoms with Gasteiger partial charge in [0.15, 0.2) is 0 Å². The number of benzene rings is 5. The number of hydrogen-bond donors (Lipinski definition) is 1. The van der Waals surface area contributed by atoms with Gasteiger partial charge in [-0.3, -0.25) is 15.0 Å². The maximum absolute atomic E-state index is 12.8. The Morgan fingerprint density at radius 2 is 1.20 bits per heavy atom. The van der Waals surface area contributed by atoms with Crippen LogP contribution in [0.1, 0.15) is 40.7 Å². The molecule has 0 aliphatic rings. The molecule has 0 saturated heterocycles. The van der Waals surface area contributed by atoms with Gasteiger partial charge in [-0.15, -0.1) is 0 Å². The zero-order chi connectivity index (χ0) is 37.2. The van der Waals surface area contributed by atoms with E-state index in [1.54, 1.807) is 6.20 Å². The predicted molar refractivity (Wildman–Crippen MR) is 221 cm³/mol. The van der Waals surface area contributed by atoms with E-state index in [0.717, 1.165) is 66.8 Å². The lowest BCUT2D eigenvalue weighted by molar-refractivity contribution is 0.0765. The van der Waals surface area contributed by atoms with E-state index in [0.29, 0.717) is 12.1 Å². The Morgan fingerprint density at radius 1 is 0.545 bits per heavy atom. The summed E-state index contributed by atoms with van der Waals surface area (Å²) in [7, 11) is 0. The lowest BCUT2D eigenvalue weighted by atomic mass is 9.75. The summed E-state index contributed by atoms with van der Waals surface area (Å²) in [5.74, 6) is 0. The van der Waals surface area contributed by atoms with E-state index >= 15 is 0 Å². The molecule has 0 spiro atoms. The van der Waals surface area contributed by atoms with E-state index in [1.807, 2.05) is 97.2 Å². The molecule has 2 unspecified atom stereocenters. The molecule has 0 saturated carbocycles. The Hall–Kier alpha value is -6.69. The van der Waals surface area contributed by atoms with Crippen LogP contribution in [0.3, 0.4) is 0 Å². The van der Waals surface area contributed by atoms with Crippen LogP contribution in [0.2, 0.25) is 0 Å². The number of aliphatic hydroxyl groups is 1. The molecule has 0 radical (unpaired) electrons. The van der Waals surface area contributed by atoms with Crippen molar-refractivity contribution in [2.24, 2.45) is 0 Å². The van der Waals surface area contributed by atoms with Crippen molar-refractivity contribution in [2.45, 2.75) is 30.8 Å². The van der Waals surface area contributed by atoms with Crippen molar-refractivity contribution in [1.29, 1.82) is 0 Å². The summed E-state index contributed by atoms with van der Waals surface area (Å²) in [4.78, 5) is 14.8. The number of rotatable bonds is 10. The van der Waals surface area contributed by atoms with Gasteiger partial charge in [0.1, 0.15) is 16.8 Å². The molecule has 5 nitrogen and oxygen atoms in total. The number of hydrogen-bond acceptors (Lipinski definition) is 5. The van der Waals surface area contributed by atoms with E-state index in [4.69, 9.17) is 19.4 Å². The first-order valence-electron chi connectivity index (χ1n) is 18.7. The fourth-order valence-corrected chi connectivity index (χ4v) is 7.92. The van der Waals surface area contributed by atoms with Gasteiger partial charge in [0.2, 0.25) is 0 Å². The third kappa shape index (κ3) is 6.49. The van der Waals surface area contributed by atoms with Crippen molar-refractivity contribution in [1.82, 2.24) is 15.0 Å². The van der Waals surface area contributed by atoms with Gasteiger partial charge in [-0.1, -0.05) is 121 Å². The second-order valence-electron chi connectivity index (χ2n) is 14.4. The van der Waals surface area contributed by atoms with E-state index in [9.17, 15) is 5.11 Å². The lowest BCUT2D eigenvalue weighted by Gasteiger charge is -2.30. The third-order valence-electron chi connectivity index (χ3n) is 10.8. The Balaban J connectivity index is 1.16. The number of furan rings is 1. The first-order chi connectivity index (χ1) is 27.0. The maximum Gasteiger partial charge on any atom is 0.144 e. The Kier molecular flexibility index (Phi) is 8.85. The van der Waals surface area contributed by atoms with E-state index in [1.165, 1.54) is 5.56 Å². The number of nitrogens with zero attached hydrogens (tertiary/aromatic N) is 3. The quantitative estimate of drug-likeness (QED) is 0.153. The van der Waals surface area contributed by atoms with Crippen molar-refractivity contribution in [3.63, 3.8) is 0 Å². The summed E-state index contributed by atoms with van der Waals surface area (Å²) in [6, 6.07) is 59.3. The Morgan fingerprint density at radius 3 is 1.93 bits per heavy atom. The molecule has 0 amide bonds. The minimum Gasteiger partial charge on any atom is -0.455 e. The topological polar surface area (TPSA) is 72.0 Å². The van der Waals surface area contributed by atoms with Gasteiger partial charge in [-0.05, 0) is 89.3 Å². The highest BCUT2D eigenvalue weighted by Gasteiger charge is 2.35. The predicted octanol–water partition coefficient (Wildman–Crippen LogP) is 11.1. The van der Waals surface area contributed by atoms with Crippen LogP contribution in [0, 0.1) is 0 Å². The summed E-state index contributed by atoms with van der Waals surface area (Å²) >= 11 is 0. The Bertz CT molecular complexity index is 2670. The summed E-state index contributed by atoms with van der Waals surface area (Å²) in [5, 5.41) is 14.8. The van der Waals surface area contributed by atoms with Crippen LogP contribution < -0.4 is 0 Å². The van der Waals surface area contributed by atoms with E-state index in [-0.39, 0.29) is 6.42 Å². The molecular weight excluding hydrogens is 675 g/mol. The standard InChI is InChI=1S/C50H39N3O2/c1-49(38-17-6-3-7-18-38,46-23-10-12-29-51-46)34-40-19-14-21-44(53-40)43-32-35(31-42-41-20-8-9-22-45(41)55-48(42)43)33-50(54,47-24-11-13-30-52-47)39-27-25-37(26-28-39)36-15-4-2-5-16-36/h2-32,54H,33-34H2,1H3. The summed E-state index contributed by atoms with van der Waals surface area (Å²) in [5.41, 5.74) is 8.97. The van der Waals surface area contributed by atoms with Gasteiger partial charge in [0.05, 0.1) is 17.1 Å². The monoisotopic (exact) mass is 713 g/mol. The Labute approximate surface area is 320 Å². The van der Waals surface area contributed by atoms with Gasteiger partial charge < -0.3 is 9.52 Å². The van der Waals surface area contributed by atoms with Crippen molar-refractivity contribution < 1.29 is 9.52 Å². The lowest BCUT2D eigenvalue weighted by Crippen LogP contribution is -2.31. The molecule has 55 heavy (non-hydrogen) atoms. The fourth-order valence-electron chi connectivity index (χ4n) is 7.92. The number of pyridine rings is 3. The largest absolute Gasteiger partial charge is 0.455 e. The number of para-hydroxylation sites is 1. The second-order valence-corrected chi connectivity index (χ2v) is 14.4. The number of fused-ring (bicyclic) bond motifs is 3. The molecule has 2 atom stereocenters. The highest BCUT2D eigenvalue weighted by molar-refractivity contribution is 6.09. The summed E-state index contributed by atoms with van der Waals surface area (Å²) in [6.07, 6.45) is 4.51. The third-order valence-corrected chi connectivity index (χ3v) is 10.8. The SMILES string of the molecule is CC(Cc1cccc(-c2cc(CC(O)(c3ccc(-c4ccccc4)cc3)c3ccccn3)cc3c2oc2ccccc23)n1)(c1ccccc1)c1ccccn1. The second kappa shape index (κ2) is 14.3. The molecule has 9 aromatic rings. The van der Waals surface area contributed by atoms with Crippen LogP contribution in [-0.2, 0) is 23.9 Å². The van der Waals surface area contributed by atoms with Gasteiger partial charge >= 0.3 is 0 Å². The van der Waals surface area contributed by atoms with Gasteiger partial charge in [0, 0.05) is 52.7 Å². The highest BCUT2D eigenvalue weighted by atomic mass is 16.3. The molecule has 0 fully saturated rings. The zero-order valence-corrected chi connectivity index (χ0v) is 30.5. The van der Waals surface area contributed by atoms with E-state index in [2.05, 4.69) is 91.9 Å². The zero-order valence-electron chi connectivity index (χ0n) is 30.5. The van der Waals surface area contributed by atoms with Crippen LogP contribution in [-0.4, -0.2) is 20.1 Å². The first kappa shape index (κ1) is 34.1. The molecule has 5 aromatic carbocycles. The molecule has 0 bridgehead atoms. The summed E-state index contributed by atoms with van der Waals surface area (Å²) < 4.78 is 6.60. The minimum absolute atomic E-state index is 0.280. The molecule has 1 N–H and O–H groups in total. The van der Waals surface area contributed by atoms with Crippen molar-refractivity contribution in [3.05, 3.63) is 222 Å². The fraction of sp³-hybridized carbons (Fsp3) is 0.100. The summed E-state index contributed by atoms with van der Waals surface area (Å²) in [6.45, 7) is 2.24. The molecule has 4 heterocycles. The van der Waals surface area contributed by atoms with Gasteiger partial charge in [0.25, 0.3) is 0 Å². The molecule has 266 valence electrons. The molecule has 4 aromatic heterocycles. The van der Waals surface area contributed by atoms with Crippen LogP contribution in [0.5, 0.6) is 0 Å². The first-order valence-corrected chi connectivity index (χ1v) is 18.7. The van der Waals surface area contributed by atoms with Crippen molar-refractivity contribution >= 4 is 21.9 Å². The minimum atomic E-state index is -1.42. The smallest absolute Gasteiger partial charge is 0.144 e. The number of aromatic nitrogens is 3. The van der Waals surface area contributed by atoms with Crippen molar-refractivity contribution in [2.75, 3.05) is 0 Å². The van der Waals surface area contributed by atoms with E-state index < -0.39 is 11.0 Å². The molecule has 9 rings (SSSR count). The normalized spacial score (nSPS) is 13.7. The average Bonchev–Trinajstić information content (AvgIpc) is 3.63. The van der Waals surface area contributed by atoms with Crippen LogP contribution in [0.4, 0.5) is 0 Å². The van der Waals surface area contributed by atoms with Crippen molar-refractivity contribution in [3.8, 4) is 22.4 Å². The molecular formula is C50H39N3O2. The highest BCUT2D eigenvalue weighted by Crippen LogP contribution is 2.41. The van der Waals surface area contributed by atoms with Gasteiger partial charge in [-0.25, -0.2) is 0 Å². The molecule has 0 aliphatic heterocycles. The average molecular weight is 714 g/mol. The van der Waals surface area contributed by atoms with Crippen LogP contribution in [0.15, 0.2) is 193 Å². The molecule has 0 aliphatic carbocycles. The maximum atomic E-state index is 12.8. The van der Waals surface area contributed by atoms with Crippen LogP contribution in [0.25, 0.3) is 44.3 Å². The van der Waals surface area contributed by atoms with Gasteiger partial charge in [-0.2, -0.15) is 0 Å². The van der Waals surface area contributed by atoms with Crippen LogP contribution >= 0.6 is 0 Å².